The molecule has 5 heteroatoms. The molecule has 1 aliphatic heterocycles. The molecular weight excluding hydrogens is 254 g/mol. The maximum atomic E-state index is 12.2. The summed E-state index contributed by atoms with van der Waals surface area (Å²) in [5, 5.41) is 6.87. The Morgan fingerprint density at radius 3 is 3.10 bits per heavy atom. The van der Waals surface area contributed by atoms with E-state index in [1.54, 1.807) is 17.1 Å². The largest absolute Gasteiger partial charge is 0.381 e. The van der Waals surface area contributed by atoms with Crippen LogP contribution in [0.4, 0.5) is 5.69 Å². The summed E-state index contributed by atoms with van der Waals surface area (Å²) in [7, 11) is 1.82. The number of nitrogens with one attached hydrogen (secondary N) is 1. The van der Waals surface area contributed by atoms with E-state index in [0.717, 1.165) is 19.6 Å². The molecule has 0 aliphatic carbocycles. The van der Waals surface area contributed by atoms with Gasteiger partial charge in [-0.3, -0.25) is 9.48 Å². The van der Waals surface area contributed by atoms with E-state index < -0.39 is 0 Å². The fourth-order valence-electron chi connectivity index (χ4n) is 2.42. The summed E-state index contributed by atoms with van der Waals surface area (Å²) in [6.07, 6.45) is 4.42. The minimum Gasteiger partial charge on any atom is -0.381 e. The third kappa shape index (κ3) is 2.72. The van der Waals surface area contributed by atoms with Crippen molar-refractivity contribution in [3.05, 3.63) is 47.8 Å². The molecule has 3 rings (SSSR count). The predicted octanol–water partition coefficient (Wildman–Crippen LogP) is 2.18. The standard InChI is InChI=1S/C15H17N3O2/c1-18-9-14(8-16-18)17-15(19)12-4-2-3-11(7-12)13-5-6-20-10-13/h2-4,7-9,13H,5-6,10H2,1H3,(H,17,19). The topological polar surface area (TPSA) is 56.2 Å². The highest BCUT2D eigenvalue weighted by Gasteiger charge is 2.18. The summed E-state index contributed by atoms with van der Waals surface area (Å²) in [6.45, 7) is 1.55. The van der Waals surface area contributed by atoms with Crippen LogP contribution in [-0.4, -0.2) is 28.9 Å². The second-order valence-electron chi connectivity index (χ2n) is 5.04. The third-order valence-corrected chi connectivity index (χ3v) is 3.51. The molecule has 20 heavy (non-hydrogen) atoms. The van der Waals surface area contributed by atoms with Crippen molar-refractivity contribution in [2.24, 2.45) is 7.05 Å². The Kier molecular flexibility index (Phi) is 3.52. The summed E-state index contributed by atoms with van der Waals surface area (Å²) in [5.41, 5.74) is 2.53. The lowest BCUT2D eigenvalue weighted by atomic mass is 9.96. The van der Waals surface area contributed by atoms with Crippen molar-refractivity contribution in [2.45, 2.75) is 12.3 Å². The van der Waals surface area contributed by atoms with Crippen molar-refractivity contribution in [2.75, 3.05) is 18.5 Å². The van der Waals surface area contributed by atoms with Gasteiger partial charge in [-0.05, 0) is 24.1 Å². The van der Waals surface area contributed by atoms with Gasteiger partial charge in [-0.25, -0.2) is 0 Å². The number of aromatic nitrogens is 2. The zero-order valence-corrected chi connectivity index (χ0v) is 11.4. The number of hydrogen-bond acceptors (Lipinski definition) is 3. The molecule has 1 aromatic heterocycles. The highest BCUT2D eigenvalue weighted by atomic mass is 16.5. The smallest absolute Gasteiger partial charge is 0.255 e. The quantitative estimate of drug-likeness (QED) is 0.931. The van der Waals surface area contributed by atoms with Crippen LogP contribution in [0.2, 0.25) is 0 Å². The fourth-order valence-corrected chi connectivity index (χ4v) is 2.42. The van der Waals surface area contributed by atoms with Crippen LogP contribution in [0, 0.1) is 0 Å². The maximum absolute atomic E-state index is 12.2. The monoisotopic (exact) mass is 271 g/mol. The lowest BCUT2D eigenvalue weighted by molar-refractivity contribution is 0.102. The average molecular weight is 271 g/mol. The van der Waals surface area contributed by atoms with Crippen molar-refractivity contribution in [3.63, 3.8) is 0 Å². The maximum Gasteiger partial charge on any atom is 0.255 e. The summed E-state index contributed by atoms with van der Waals surface area (Å²) in [5.74, 6) is 0.292. The number of anilines is 1. The number of carbonyl (C=O) groups is 1. The number of nitrogens with zero attached hydrogens (tertiary/aromatic N) is 2. The van der Waals surface area contributed by atoms with Crippen LogP contribution in [-0.2, 0) is 11.8 Å². The van der Waals surface area contributed by atoms with Crippen LogP contribution < -0.4 is 5.32 Å². The molecule has 1 saturated heterocycles. The van der Waals surface area contributed by atoms with E-state index in [9.17, 15) is 4.79 Å². The highest BCUT2D eigenvalue weighted by Crippen LogP contribution is 2.25. The lowest BCUT2D eigenvalue weighted by Crippen LogP contribution is -2.12. The summed E-state index contributed by atoms with van der Waals surface area (Å²) in [4.78, 5) is 12.2. The van der Waals surface area contributed by atoms with E-state index in [1.165, 1.54) is 5.56 Å². The van der Waals surface area contributed by atoms with Gasteiger partial charge in [0, 0.05) is 31.3 Å². The molecule has 0 bridgehead atoms. The Morgan fingerprint density at radius 1 is 1.50 bits per heavy atom. The molecule has 1 aliphatic rings. The molecule has 1 amide bonds. The number of aryl methyl sites for hydroxylation is 1. The van der Waals surface area contributed by atoms with Crippen LogP contribution in [0.15, 0.2) is 36.7 Å². The van der Waals surface area contributed by atoms with Gasteiger partial charge in [0.15, 0.2) is 0 Å². The number of carbonyl (C=O) groups excluding carboxylic acids is 1. The van der Waals surface area contributed by atoms with Crippen LogP contribution in [0.5, 0.6) is 0 Å². The van der Waals surface area contributed by atoms with Gasteiger partial charge in [-0.15, -0.1) is 0 Å². The van der Waals surface area contributed by atoms with Crippen LogP contribution in [0.25, 0.3) is 0 Å². The van der Waals surface area contributed by atoms with E-state index in [0.29, 0.717) is 17.2 Å². The fraction of sp³-hybridized carbons (Fsp3) is 0.333. The molecule has 1 atom stereocenters. The first-order valence-electron chi connectivity index (χ1n) is 6.70. The molecule has 1 unspecified atom stereocenters. The molecule has 0 spiro atoms. The van der Waals surface area contributed by atoms with Gasteiger partial charge in [0.25, 0.3) is 5.91 Å². The first-order chi connectivity index (χ1) is 9.72. The Balaban J connectivity index is 1.75. The van der Waals surface area contributed by atoms with Gasteiger partial charge in [-0.1, -0.05) is 12.1 Å². The molecule has 0 radical (unpaired) electrons. The third-order valence-electron chi connectivity index (χ3n) is 3.51. The SMILES string of the molecule is Cn1cc(NC(=O)c2cccc(C3CCOC3)c2)cn1. The van der Waals surface area contributed by atoms with Gasteiger partial charge in [0.1, 0.15) is 0 Å². The first-order valence-corrected chi connectivity index (χ1v) is 6.70. The zero-order chi connectivity index (χ0) is 13.9. The lowest BCUT2D eigenvalue weighted by Gasteiger charge is -2.09. The van der Waals surface area contributed by atoms with Crippen LogP contribution in [0.1, 0.15) is 28.3 Å². The molecule has 1 fully saturated rings. The van der Waals surface area contributed by atoms with Gasteiger partial charge < -0.3 is 10.1 Å². The Hall–Kier alpha value is -2.14. The number of benzene rings is 1. The second-order valence-corrected chi connectivity index (χ2v) is 5.04. The molecule has 2 heterocycles. The van der Waals surface area contributed by atoms with Gasteiger partial charge in [-0.2, -0.15) is 5.10 Å². The summed E-state index contributed by atoms with van der Waals surface area (Å²) < 4.78 is 7.05. The van der Waals surface area contributed by atoms with E-state index >= 15 is 0 Å². The molecular formula is C15H17N3O2. The second kappa shape index (κ2) is 5.46. The van der Waals surface area contributed by atoms with E-state index in [4.69, 9.17) is 4.74 Å². The predicted molar refractivity (Wildman–Crippen MR) is 75.8 cm³/mol. The van der Waals surface area contributed by atoms with Crippen molar-refractivity contribution in [1.82, 2.24) is 9.78 Å². The van der Waals surface area contributed by atoms with Crippen LogP contribution in [0.3, 0.4) is 0 Å². The molecule has 104 valence electrons. The number of ether oxygens (including phenoxy) is 1. The zero-order valence-electron chi connectivity index (χ0n) is 11.4. The van der Waals surface area contributed by atoms with Crippen molar-refractivity contribution in [3.8, 4) is 0 Å². The Morgan fingerprint density at radius 2 is 2.40 bits per heavy atom. The molecule has 5 nitrogen and oxygen atoms in total. The minimum absolute atomic E-state index is 0.112. The highest BCUT2D eigenvalue weighted by molar-refractivity contribution is 6.04. The summed E-state index contributed by atoms with van der Waals surface area (Å²) in [6, 6.07) is 7.75. The molecule has 1 N–H and O–H groups in total. The normalized spacial score (nSPS) is 18.1. The Bertz CT molecular complexity index is 615. The van der Waals surface area contributed by atoms with E-state index in [-0.39, 0.29) is 5.91 Å². The van der Waals surface area contributed by atoms with Crippen molar-refractivity contribution < 1.29 is 9.53 Å². The number of amides is 1. The number of rotatable bonds is 3. The van der Waals surface area contributed by atoms with Crippen molar-refractivity contribution >= 4 is 11.6 Å². The summed E-state index contributed by atoms with van der Waals surface area (Å²) >= 11 is 0. The molecule has 1 aromatic carbocycles. The Labute approximate surface area is 117 Å². The van der Waals surface area contributed by atoms with E-state index in [2.05, 4.69) is 16.5 Å². The molecule has 0 saturated carbocycles. The number of hydrogen-bond donors (Lipinski definition) is 1. The van der Waals surface area contributed by atoms with Crippen molar-refractivity contribution in [1.29, 1.82) is 0 Å². The first kappa shape index (κ1) is 12.9. The van der Waals surface area contributed by atoms with E-state index in [1.807, 2.05) is 25.2 Å². The van der Waals surface area contributed by atoms with Gasteiger partial charge >= 0.3 is 0 Å². The van der Waals surface area contributed by atoms with Gasteiger partial charge in [0.2, 0.25) is 0 Å². The van der Waals surface area contributed by atoms with Crippen LogP contribution >= 0.6 is 0 Å². The average Bonchev–Trinajstić information content (AvgIpc) is 3.11. The minimum atomic E-state index is -0.112. The van der Waals surface area contributed by atoms with Gasteiger partial charge in [0.05, 0.1) is 18.5 Å². The molecule has 2 aromatic rings.